The Kier molecular flexibility index (Phi) is 7.67. The summed E-state index contributed by atoms with van der Waals surface area (Å²) in [7, 11) is 0. The quantitative estimate of drug-likeness (QED) is 0.698. The normalized spacial score (nSPS) is 17.1. The van der Waals surface area contributed by atoms with E-state index in [2.05, 4.69) is 38.2 Å². The highest BCUT2D eigenvalue weighted by Gasteiger charge is 2.17. The number of hydrogen-bond donors (Lipinski definition) is 1. The van der Waals surface area contributed by atoms with Gasteiger partial charge in [-0.25, -0.2) is 0 Å². The predicted molar refractivity (Wildman–Crippen MR) is 108 cm³/mol. The smallest absolute Gasteiger partial charge is 0.260 e. The molecule has 1 amide bonds. The molecule has 1 aromatic carbocycles. The van der Waals surface area contributed by atoms with Crippen molar-refractivity contribution in [2.45, 2.75) is 76.6 Å². The SMILES string of the molecule is C[C@@H](Oc1ccc(C(C)(C)C)cc1)C(=O)NCCSC1CCCCC1. The Balaban J connectivity index is 1.69. The second-order valence-corrected chi connectivity index (χ2v) is 9.36. The lowest BCUT2D eigenvalue weighted by atomic mass is 9.87. The van der Waals surface area contributed by atoms with Gasteiger partial charge in [0.05, 0.1) is 0 Å². The molecule has 1 aromatic rings. The number of nitrogens with one attached hydrogen (secondary N) is 1. The van der Waals surface area contributed by atoms with E-state index in [1.165, 1.54) is 37.7 Å². The van der Waals surface area contributed by atoms with Crippen molar-refractivity contribution >= 4 is 17.7 Å². The van der Waals surface area contributed by atoms with Crippen LogP contribution in [0, 0.1) is 0 Å². The zero-order valence-corrected chi connectivity index (χ0v) is 17.0. The fourth-order valence-electron chi connectivity index (χ4n) is 3.07. The van der Waals surface area contributed by atoms with Crippen molar-refractivity contribution in [3.8, 4) is 5.75 Å². The monoisotopic (exact) mass is 363 g/mol. The summed E-state index contributed by atoms with van der Waals surface area (Å²) >= 11 is 2.00. The van der Waals surface area contributed by atoms with Crippen LogP contribution in [0.1, 0.15) is 65.4 Å². The van der Waals surface area contributed by atoms with Crippen molar-refractivity contribution in [3.63, 3.8) is 0 Å². The third-order valence-electron chi connectivity index (χ3n) is 4.71. The number of thioether (sulfide) groups is 1. The zero-order valence-electron chi connectivity index (χ0n) is 16.1. The summed E-state index contributed by atoms with van der Waals surface area (Å²) in [6.07, 6.45) is 6.32. The number of hydrogen-bond acceptors (Lipinski definition) is 3. The fraction of sp³-hybridized carbons (Fsp3) is 0.667. The van der Waals surface area contributed by atoms with Crippen molar-refractivity contribution in [2.75, 3.05) is 12.3 Å². The van der Waals surface area contributed by atoms with Crippen LogP contribution in [-0.4, -0.2) is 29.6 Å². The summed E-state index contributed by atoms with van der Waals surface area (Å²) in [5.74, 6) is 1.69. The highest BCUT2D eigenvalue weighted by Crippen LogP contribution is 2.28. The van der Waals surface area contributed by atoms with E-state index in [1.807, 2.05) is 23.9 Å². The van der Waals surface area contributed by atoms with Gasteiger partial charge in [-0.1, -0.05) is 52.2 Å². The number of rotatable bonds is 7. The number of amides is 1. The Bertz CT molecular complexity index is 530. The average molecular weight is 364 g/mol. The topological polar surface area (TPSA) is 38.3 Å². The van der Waals surface area contributed by atoms with Crippen LogP contribution in [-0.2, 0) is 10.2 Å². The lowest BCUT2D eigenvalue weighted by molar-refractivity contribution is -0.127. The van der Waals surface area contributed by atoms with Crippen molar-refractivity contribution in [2.24, 2.45) is 0 Å². The van der Waals surface area contributed by atoms with Gasteiger partial charge in [0.2, 0.25) is 0 Å². The van der Waals surface area contributed by atoms with Gasteiger partial charge in [0, 0.05) is 17.5 Å². The molecule has 1 aliphatic carbocycles. The van der Waals surface area contributed by atoms with E-state index in [9.17, 15) is 4.79 Å². The summed E-state index contributed by atoms with van der Waals surface area (Å²) in [4.78, 5) is 12.2. The van der Waals surface area contributed by atoms with E-state index in [1.54, 1.807) is 6.92 Å². The van der Waals surface area contributed by atoms with Crippen LogP contribution in [0.3, 0.4) is 0 Å². The zero-order chi connectivity index (χ0) is 18.3. The van der Waals surface area contributed by atoms with Crippen LogP contribution >= 0.6 is 11.8 Å². The maximum Gasteiger partial charge on any atom is 0.260 e. The van der Waals surface area contributed by atoms with Gasteiger partial charge in [-0.2, -0.15) is 11.8 Å². The molecule has 0 spiro atoms. The fourth-order valence-corrected chi connectivity index (χ4v) is 4.29. The lowest BCUT2D eigenvalue weighted by Crippen LogP contribution is -2.37. The second-order valence-electron chi connectivity index (χ2n) is 7.96. The van der Waals surface area contributed by atoms with Crippen molar-refractivity contribution < 1.29 is 9.53 Å². The van der Waals surface area contributed by atoms with E-state index in [-0.39, 0.29) is 11.3 Å². The molecule has 0 unspecified atom stereocenters. The largest absolute Gasteiger partial charge is 0.481 e. The van der Waals surface area contributed by atoms with Gasteiger partial charge in [0.1, 0.15) is 5.75 Å². The molecule has 0 saturated heterocycles. The van der Waals surface area contributed by atoms with E-state index in [0.717, 1.165) is 23.3 Å². The van der Waals surface area contributed by atoms with Gasteiger partial charge >= 0.3 is 0 Å². The minimum Gasteiger partial charge on any atom is -0.481 e. The summed E-state index contributed by atoms with van der Waals surface area (Å²) in [6.45, 7) is 9.08. The Morgan fingerprint density at radius 1 is 1.20 bits per heavy atom. The van der Waals surface area contributed by atoms with Gasteiger partial charge < -0.3 is 10.1 Å². The molecule has 0 aromatic heterocycles. The molecule has 0 radical (unpaired) electrons. The number of carbonyl (C=O) groups excluding carboxylic acids is 1. The third kappa shape index (κ3) is 6.93. The Morgan fingerprint density at radius 2 is 1.84 bits per heavy atom. The molecule has 140 valence electrons. The van der Waals surface area contributed by atoms with Crippen molar-refractivity contribution in [1.82, 2.24) is 5.32 Å². The molecule has 25 heavy (non-hydrogen) atoms. The molecule has 1 saturated carbocycles. The van der Waals surface area contributed by atoms with Crippen LogP contribution in [0.25, 0.3) is 0 Å². The Hall–Kier alpha value is -1.16. The molecule has 1 aliphatic rings. The van der Waals surface area contributed by atoms with Gasteiger partial charge in [-0.15, -0.1) is 0 Å². The van der Waals surface area contributed by atoms with Gasteiger partial charge in [0.25, 0.3) is 5.91 Å². The first kappa shape index (κ1) is 20.2. The number of ether oxygens (including phenoxy) is 1. The molecule has 1 atom stereocenters. The maximum atomic E-state index is 12.2. The van der Waals surface area contributed by atoms with Crippen LogP contribution in [0.2, 0.25) is 0 Å². The minimum atomic E-state index is -0.472. The van der Waals surface area contributed by atoms with Crippen LogP contribution in [0.4, 0.5) is 0 Å². The van der Waals surface area contributed by atoms with Crippen LogP contribution < -0.4 is 10.1 Å². The maximum absolute atomic E-state index is 12.2. The van der Waals surface area contributed by atoms with Crippen LogP contribution in [0.5, 0.6) is 5.75 Å². The molecule has 4 heteroatoms. The van der Waals surface area contributed by atoms with E-state index < -0.39 is 6.10 Å². The summed E-state index contributed by atoms with van der Waals surface area (Å²) in [5.41, 5.74) is 1.38. The molecule has 1 fully saturated rings. The molecule has 0 bridgehead atoms. The minimum absolute atomic E-state index is 0.0378. The molecule has 0 aliphatic heterocycles. The molecular formula is C21H33NO2S. The van der Waals surface area contributed by atoms with Crippen molar-refractivity contribution in [3.05, 3.63) is 29.8 Å². The Morgan fingerprint density at radius 3 is 2.44 bits per heavy atom. The third-order valence-corrected chi connectivity index (χ3v) is 6.09. The lowest BCUT2D eigenvalue weighted by Gasteiger charge is -2.21. The standard InChI is InChI=1S/C21H33NO2S/c1-16(24-18-12-10-17(11-13-18)21(2,3)4)20(23)22-14-15-25-19-8-6-5-7-9-19/h10-13,16,19H,5-9,14-15H2,1-4H3,(H,22,23)/t16-/m1/s1. The van der Waals surface area contributed by atoms with Gasteiger partial charge in [-0.05, 0) is 42.9 Å². The highest BCUT2D eigenvalue weighted by molar-refractivity contribution is 7.99. The summed E-state index contributed by atoms with van der Waals surface area (Å²) in [5, 5.41) is 3.79. The molecule has 3 nitrogen and oxygen atoms in total. The Labute approximate surface area is 157 Å². The molecule has 2 rings (SSSR count). The van der Waals surface area contributed by atoms with Gasteiger partial charge in [0.15, 0.2) is 6.10 Å². The second kappa shape index (κ2) is 9.51. The molecule has 0 heterocycles. The average Bonchev–Trinajstić information content (AvgIpc) is 2.59. The molecule has 1 N–H and O–H groups in total. The van der Waals surface area contributed by atoms with Crippen molar-refractivity contribution in [1.29, 1.82) is 0 Å². The van der Waals surface area contributed by atoms with E-state index in [0.29, 0.717) is 0 Å². The highest BCUT2D eigenvalue weighted by atomic mass is 32.2. The van der Waals surface area contributed by atoms with E-state index in [4.69, 9.17) is 4.74 Å². The first-order valence-electron chi connectivity index (χ1n) is 9.53. The van der Waals surface area contributed by atoms with Crippen LogP contribution in [0.15, 0.2) is 24.3 Å². The first-order chi connectivity index (χ1) is 11.9. The first-order valence-corrected chi connectivity index (χ1v) is 10.6. The molecular weight excluding hydrogens is 330 g/mol. The van der Waals surface area contributed by atoms with E-state index >= 15 is 0 Å². The number of benzene rings is 1. The summed E-state index contributed by atoms with van der Waals surface area (Å²) in [6, 6.07) is 8.04. The summed E-state index contributed by atoms with van der Waals surface area (Å²) < 4.78 is 5.77. The predicted octanol–water partition coefficient (Wildman–Crippen LogP) is 4.93. The van der Waals surface area contributed by atoms with Gasteiger partial charge in [-0.3, -0.25) is 4.79 Å². The number of carbonyl (C=O) groups is 1.